The maximum Gasteiger partial charge on any atom is 0.270 e. The molecule has 2 aliphatic rings. The average molecular weight is 438 g/mol. The highest BCUT2D eigenvalue weighted by atomic mass is 35.5. The minimum Gasteiger partial charge on any atom is -0.350 e. The van der Waals surface area contributed by atoms with E-state index in [9.17, 15) is 9.18 Å². The van der Waals surface area contributed by atoms with Gasteiger partial charge in [0.05, 0.1) is 10.7 Å². The number of amides is 1. The first-order valence-corrected chi connectivity index (χ1v) is 10.9. The lowest BCUT2D eigenvalue weighted by atomic mass is 9.95. The fraction of sp³-hybridized carbons (Fsp3) is 0.280. The Kier molecular flexibility index (Phi) is 6.52. The van der Waals surface area contributed by atoms with Crippen LogP contribution in [0.25, 0.3) is 5.65 Å². The van der Waals surface area contributed by atoms with Gasteiger partial charge in [0, 0.05) is 19.2 Å². The molecule has 160 valence electrons. The van der Waals surface area contributed by atoms with Gasteiger partial charge in [-0.05, 0) is 48.1 Å². The molecule has 2 heterocycles. The Morgan fingerprint density at radius 2 is 1.97 bits per heavy atom. The van der Waals surface area contributed by atoms with Gasteiger partial charge in [-0.15, -0.1) is 0 Å². The Hall–Kier alpha value is -2.92. The topological polar surface area (TPSA) is 46.4 Å². The molecule has 0 fully saturated rings. The normalized spacial score (nSPS) is 20.9. The van der Waals surface area contributed by atoms with Crippen LogP contribution in [-0.4, -0.2) is 28.0 Å². The zero-order valence-electron chi connectivity index (χ0n) is 17.4. The van der Waals surface area contributed by atoms with E-state index in [2.05, 4.69) is 28.5 Å². The smallest absolute Gasteiger partial charge is 0.270 e. The quantitative estimate of drug-likeness (QED) is 0.642. The second-order valence-corrected chi connectivity index (χ2v) is 8.19. The standard InChI is InChI=1S/C25H25ClFN3O/c1-2-22-24(30-16-20(26)11-14-23(30)29-22)25(31)28-15-19-7-5-17(6-8-19)3-4-18-9-12-21(27)13-10-18/h3-7,9-12,14,16,19,21H,2,8,13,15H2,1H3,(H,28,31)/b4-3+. The molecule has 4 rings (SSSR count). The van der Waals surface area contributed by atoms with E-state index in [1.807, 2.05) is 37.3 Å². The molecule has 2 aliphatic carbocycles. The summed E-state index contributed by atoms with van der Waals surface area (Å²) in [6, 6.07) is 3.59. The molecule has 0 aromatic carbocycles. The highest BCUT2D eigenvalue weighted by molar-refractivity contribution is 6.30. The molecule has 0 aliphatic heterocycles. The van der Waals surface area contributed by atoms with E-state index in [-0.39, 0.29) is 11.8 Å². The highest BCUT2D eigenvalue weighted by Gasteiger charge is 2.19. The van der Waals surface area contributed by atoms with Crippen molar-refractivity contribution in [1.82, 2.24) is 14.7 Å². The molecule has 31 heavy (non-hydrogen) atoms. The predicted octanol–water partition coefficient (Wildman–Crippen LogP) is 5.56. The molecule has 4 nitrogen and oxygen atoms in total. The molecule has 0 spiro atoms. The summed E-state index contributed by atoms with van der Waals surface area (Å²) in [6.45, 7) is 2.53. The molecule has 2 aromatic heterocycles. The van der Waals surface area contributed by atoms with Crippen molar-refractivity contribution in [3.63, 3.8) is 0 Å². The Balaban J connectivity index is 1.35. The van der Waals surface area contributed by atoms with E-state index >= 15 is 0 Å². The van der Waals surface area contributed by atoms with Gasteiger partial charge in [0.15, 0.2) is 0 Å². The minimum atomic E-state index is -0.868. The van der Waals surface area contributed by atoms with Gasteiger partial charge >= 0.3 is 0 Å². The van der Waals surface area contributed by atoms with Gasteiger partial charge in [-0.25, -0.2) is 9.37 Å². The number of halogens is 2. The summed E-state index contributed by atoms with van der Waals surface area (Å²) in [5.74, 6) is 0.0897. The van der Waals surface area contributed by atoms with Crippen molar-refractivity contribution in [3.8, 4) is 0 Å². The van der Waals surface area contributed by atoms with Crippen LogP contribution in [0.5, 0.6) is 0 Å². The van der Waals surface area contributed by atoms with Crippen molar-refractivity contribution in [3.05, 3.63) is 94.5 Å². The monoisotopic (exact) mass is 437 g/mol. The lowest BCUT2D eigenvalue weighted by Crippen LogP contribution is -2.30. The zero-order chi connectivity index (χ0) is 21.8. The summed E-state index contributed by atoms with van der Waals surface area (Å²) < 4.78 is 14.9. The SMILES string of the molecule is CCc1nc2ccc(Cl)cn2c1C(=O)NCC1C=CC(/C=C/C2=CCC(F)C=C2)=CC1. The van der Waals surface area contributed by atoms with E-state index in [1.54, 1.807) is 22.7 Å². The molecule has 2 unspecified atom stereocenters. The van der Waals surface area contributed by atoms with Crippen LogP contribution in [0.3, 0.4) is 0 Å². The van der Waals surface area contributed by atoms with Crippen molar-refractivity contribution in [2.45, 2.75) is 32.4 Å². The lowest BCUT2D eigenvalue weighted by Gasteiger charge is -2.16. The van der Waals surface area contributed by atoms with Crippen molar-refractivity contribution >= 4 is 23.2 Å². The number of fused-ring (bicyclic) bond motifs is 1. The molecule has 1 amide bonds. The summed E-state index contributed by atoms with van der Waals surface area (Å²) in [5.41, 5.74) is 4.16. The number of aryl methyl sites for hydroxylation is 1. The van der Waals surface area contributed by atoms with Crippen molar-refractivity contribution in [2.75, 3.05) is 6.54 Å². The number of nitrogens with one attached hydrogen (secondary N) is 1. The van der Waals surface area contributed by atoms with Crippen LogP contribution in [0.1, 0.15) is 35.9 Å². The third kappa shape index (κ3) is 5.05. The number of carbonyl (C=O) groups is 1. The molecule has 0 radical (unpaired) electrons. The van der Waals surface area contributed by atoms with E-state index in [4.69, 9.17) is 11.6 Å². The lowest BCUT2D eigenvalue weighted by molar-refractivity contribution is 0.0943. The number of pyridine rings is 1. The first kappa shape index (κ1) is 21.3. The second kappa shape index (κ2) is 9.48. The van der Waals surface area contributed by atoms with Crippen LogP contribution < -0.4 is 5.32 Å². The fourth-order valence-electron chi connectivity index (χ4n) is 3.74. The van der Waals surface area contributed by atoms with Gasteiger partial charge in [0.25, 0.3) is 5.91 Å². The maximum absolute atomic E-state index is 13.1. The maximum atomic E-state index is 13.1. The number of carbonyl (C=O) groups excluding carboxylic acids is 1. The Morgan fingerprint density at radius 1 is 1.23 bits per heavy atom. The minimum absolute atomic E-state index is 0.142. The van der Waals surface area contributed by atoms with Crippen molar-refractivity contribution in [1.29, 1.82) is 0 Å². The third-order valence-corrected chi connectivity index (χ3v) is 5.71. The van der Waals surface area contributed by atoms with Crippen LogP contribution in [0.2, 0.25) is 5.02 Å². The number of aromatic nitrogens is 2. The molecule has 0 bridgehead atoms. The van der Waals surface area contributed by atoms with E-state index in [0.717, 1.165) is 23.3 Å². The van der Waals surface area contributed by atoms with Crippen LogP contribution in [0.15, 0.2) is 78.1 Å². The predicted molar refractivity (Wildman–Crippen MR) is 123 cm³/mol. The number of rotatable bonds is 6. The first-order valence-electron chi connectivity index (χ1n) is 10.6. The Labute approximate surface area is 186 Å². The van der Waals surface area contributed by atoms with E-state index in [1.165, 1.54) is 0 Å². The summed E-state index contributed by atoms with van der Waals surface area (Å²) in [7, 11) is 0. The van der Waals surface area contributed by atoms with Crippen LogP contribution >= 0.6 is 11.6 Å². The molecular formula is C25H25ClFN3O. The summed E-state index contributed by atoms with van der Waals surface area (Å²) in [5, 5.41) is 3.61. The highest BCUT2D eigenvalue weighted by Crippen LogP contribution is 2.20. The number of imidazole rings is 1. The van der Waals surface area contributed by atoms with Gasteiger partial charge in [0.2, 0.25) is 0 Å². The van der Waals surface area contributed by atoms with Crippen molar-refractivity contribution in [2.24, 2.45) is 5.92 Å². The number of alkyl halides is 1. The molecule has 0 saturated carbocycles. The molecule has 2 atom stereocenters. The van der Waals surface area contributed by atoms with Gasteiger partial charge in [-0.3, -0.25) is 9.20 Å². The van der Waals surface area contributed by atoms with Crippen LogP contribution in [-0.2, 0) is 6.42 Å². The van der Waals surface area contributed by atoms with E-state index < -0.39 is 6.17 Å². The van der Waals surface area contributed by atoms with Crippen LogP contribution in [0.4, 0.5) is 4.39 Å². The first-order chi connectivity index (χ1) is 15.0. The zero-order valence-corrected chi connectivity index (χ0v) is 18.1. The number of nitrogens with zero attached hydrogens (tertiary/aromatic N) is 2. The average Bonchev–Trinajstić information content (AvgIpc) is 3.15. The van der Waals surface area contributed by atoms with Gasteiger partial charge in [0.1, 0.15) is 17.5 Å². The second-order valence-electron chi connectivity index (χ2n) is 7.75. The number of allylic oxidation sites excluding steroid dienone is 9. The molecule has 6 heteroatoms. The molecular weight excluding hydrogens is 413 g/mol. The molecule has 1 N–H and O–H groups in total. The van der Waals surface area contributed by atoms with Gasteiger partial charge in [-0.2, -0.15) is 0 Å². The molecule has 2 aromatic rings. The number of hydrogen-bond acceptors (Lipinski definition) is 2. The summed E-state index contributed by atoms with van der Waals surface area (Å²) >= 11 is 6.12. The van der Waals surface area contributed by atoms with E-state index in [0.29, 0.717) is 35.8 Å². The largest absolute Gasteiger partial charge is 0.350 e. The van der Waals surface area contributed by atoms with Crippen LogP contribution in [0, 0.1) is 5.92 Å². The van der Waals surface area contributed by atoms with Gasteiger partial charge in [-0.1, -0.05) is 61.1 Å². The van der Waals surface area contributed by atoms with Crippen molar-refractivity contribution < 1.29 is 9.18 Å². The summed E-state index contributed by atoms with van der Waals surface area (Å²) in [4.78, 5) is 17.5. The Bertz CT molecular complexity index is 1140. The summed E-state index contributed by atoms with van der Waals surface area (Å²) in [6.07, 6.45) is 18.5. The number of hydrogen-bond donors (Lipinski definition) is 1. The fourth-order valence-corrected chi connectivity index (χ4v) is 3.91. The molecule has 0 saturated heterocycles. The Morgan fingerprint density at radius 3 is 2.61 bits per heavy atom. The third-order valence-electron chi connectivity index (χ3n) is 5.49. The van der Waals surface area contributed by atoms with Gasteiger partial charge < -0.3 is 5.32 Å².